The summed E-state index contributed by atoms with van der Waals surface area (Å²) in [6.07, 6.45) is 3.49. The van der Waals surface area contributed by atoms with Crippen LogP contribution >= 0.6 is 11.3 Å². The zero-order chi connectivity index (χ0) is 9.10. The van der Waals surface area contributed by atoms with Crippen molar-refractivity contribution in [3.05, 3.63) is 35.6 Å². The molecule has 0 bridgehead atoms. The number of aliphatic hydroxyl groups is 1. The molecule has 4 heteroatoms. The van der Waals surface area contributed by atoms with E-state index in [0.29, 0.717) is 5.69 Å². The standard InChI is InChI=1S/C9H8N2OS/c12-6-8-2-1-7(5-11-8)9-10-3-4-13-9/h1-5,12H,6H2. The van der Waals surface area contributed by atoms with Crippen molar-refractivity contribution in [1.29, 1.82) is 0 Å². The van der Waals surface area contributed by atoms with E-state index in [4.69, 9.17) is 5.11 Å². The van der Waals surface area contributed by atoms with E-state index in [9.17, 15) is 0 Å². The Morgan fingerprint density at radius 2 is 2.23 bits per heavy atom. The summed E-state index contributed by atoms with van der Waals surface area (Å²) in [7, 11) is 0. The fourth-order valence-electron chi connectivity index (χ4n) is 1.01. The van der Waals surface area contributed by atoms with E-state index < -0.39 is 0 Å². The van der Waals surface area contributed by atoms with Gasteiger partial charge in [0.1, 0.15) is 5.01 Å². The first-order valence-electron chi connectivity index (χ1n) is 3.86. The van der Waals surface area contributed by atoms with Crippen molar-refractivity contribution in [1.82, 2.24) is 9.97 Å². The van der Waals surface area contributed by atoms with Crippen LogP contribution in [-0.2, 0) is 6.61 Å². The Labute approximate surface area is 79.7 Å². The molecule has 0 unspecified atom stereocenters. The second-order valence-electron chi connectivity index (χ2n) is 2.53. The molecule has 0 radical (unpaired) electrons. The van der Waals surface area contributed by atoms with Crippen LogP contribution in [0.5, 0.6) is 0 Å². The highest BCUT2D eigenvalue weighted by atomic mass is 32.1. The summed E-state index contributed by atoms with van der Waals surface area (Å²) < 4.78 is 0. The second kappa shape index (κ2) is 3.64. The van der Waals surface area contributed by atoms with Crippen molar-refractivity contribution in [2.24, 2.45) is 0 Å². The van der Waals surface area contributed by atoms with Crippen LogP contribution in [0.2, 0.25) is 0 Å². The molecule has 2 rings (SSSR count). The minimum atomic E-state index is -0.0157. The molecule has 1 N–H and O–H groups in total. The van der Waals surface area contributed by atoms with Crippen molar-refractivity contribution >= 4 is 11.3 Å². The quantitative estimate of drug-likeness (QED) is 0.787. The van der Waals surface area contributed by atoms with Gasteiger partial charge in [-0.1, -0.05) is 0 Å². The van der Waals surface area contributed by atoms with Gasteiger partial charge in [0.25, 0.3) is 0 Å². The van der Waals surface area contributed by atoms with Gasteiger partial charge in [-0.25, -0.2) is 4.98 Å². The summed E-state index contributed by atoms with van der Waals surface area (Å²) in [6, 6.07) is 3.72. The molecule has 0 aliphatic rings. The molecule has 0 amide bonds. The average Bonchev–Trinajstić information content (AvgIpc) is 2.71. The highest BCUT2D eigenvalue weighted by Crippen LogP contribution is 2.20. The van der Waals surface area contributed by atoms with Gasteiger partial charge in [-0.2, -0.15) is 0 Å². The maximum Gasteiger partial charge on any atom is 0.124 e. The Balaban J connectivity index is 2.33. The van der Waals surface area contributed by atoms with E-state index in [0.717, 1.165) is 10.6 Å². The van der Waals surface area contributed by atoms with Crippen LogP contribution in [0.4, 0.5) is 0 Å². The third-order valence-electron chi connectivity index (χ3n) is 1.67. The lowest BCUT2D eigenvalue weighted by atomic mass is 10.2. The van der Waals surface area contributed by atoms with Crippen molar-refractivity contribution in [2.45, 2.75) is 6.61 Å². The lowest BCUT2D eigenvalue weighted by molar-refractivity contribution is 0.277. The van der Waals surface area contributed by atoms with Gasteiger partial charge in [-0.05, 0) is 12.1 Å². The molecule has 2 heterocycles. The van der Waals surface area contributed by atoms with Crippen LogP contribution < -0.4 is 0 Å². The molecule has 2 aromatic heterocycles. The number of aromatic nitrogens is 2. The van der Waals surface area contributed by atoms with Gasteiger partial charge in [0, 0.05) is 23.3 Å². The topological polar surface area (TPSA) is 46.0 Å². The maximum absolute atomic E-state index is 8.78. The van der Waals surface area contributed by atoms with Crippen LogP contribution in [-0.4, -0.2) is 15.1 Å². The third-order valence-corrected chi connectivity index (χ3v) is 2.49. The number of hydrogen-bond donors (Lipinski definition) is 1. The minimum absolute atomic E-state index is 0.0157. The maximum atomic E-state index is 8.78. The molecule has 0 aromatic carbocycles. The van der Waals surface area contributed by atoms with E-state index in [1.54, 1.807) is 29.8 Å². The molecular weight excluding hydrogens is 184 g/mol. The summed E-state index contributed by atoms with van der Waals surface area (Å²) in [4.78, 5) is 8.23. The van der Waals surface area contributed by atoms with E-state index in [2.05, 4.69) is 9.97 Å². The fourth-order valence-corrected chi connectivity index (χ4v) is 1.64. The first-order valence-corrected chi connectivity index (χ1v) is 4.74. The Morgan fingerprint density at radius 3 is 2.77 bits per heavy atom. The van der Waals surface area contributed by atoms with Gasteiger partial charge in [0.2, 0.25) is 0 Å². The Hall–Kier alpha value is -1.26. The molecule has 0 saturated carbocycles. The van der Waals surface area contributed by atoms with E-state index in [-0.39, 0.29) is 6.61 Å². The third kappa shape index (κ3) is 1.74. The van der Waals surface area contributed by atoms with Crippen LogP contribution in [0.3, 0.4) is 0 Å². The molecule has 3 nitrogen and oxygen atoms in total. The lowest BCUT2D eigenvalue weighted by Crippen LogP contribution is -1.87. The Kier molecular flexibility index (Phi) is 2.33. The molecule has 0 fully saturated rings. The number of rotatable bonds is 2. The van der Waals surface area contributed by atoms with Gasteiger partial charge in [-0.3, -0.25) is 4.98 Å². The Morgan fingerprint density at radius 1 is 1.31 bits per heavy atom. The SMILES string of the molecule is OCc1ccc(-c2nccs2)cn1. The number of aliphatic hydroxyl groups excluding tert-OH is 1. The Bertz CT molecular complexity index is 369. The molecule has 0 aliphatic carbocycles. The minimum Gasteiger partial charge on any atom is -0.390 e. The van der Waals surface area contributed by atoms with Crippen molar-refractivity contribution < 1.29 is 5.11 Å². The van der Waals surface area contributed by atoms with Gasteiger partial charge in [0.15, 0.2) is 0 Å². The zero-order valence-corrected chi connectivity index (χ0v) is 7.66. The lowest BCUT2D eigenvalue weighted by Gasteiger charge is -1.96. The molecule has 66 valence electrons. The summed E-state index contributed by atoms with van der Waals surface area (Å²) in [5.74, 6) is 0. The molecule has 2 aromatic rings. The molecular formula is C9H8N2OS. The molecule has 0 spiro atoms. The smallest absolute Gasteiger partial charge is 0.124 e. The largest absolute Gasteiger partial charge is 0.390 e. The second-order valence-corrected chi connectivity index (χ2v) is 3.43. The highest BCUT2D eigenvalue weighted by Gasteiger charge is 1.99. The first kappa shape index (κ1) is 8.34. The summed E-state index contributed by atoms with van der Waals surface area (Å²) in [6.45, 7) is -0.0157. The van der Waals surface area contributed by atoms with E-state index >= 15 is 0 Å². The normalized spacial score (nSPS) is 10.2. The van der Waals surface area contributed by atoms with Gasteiger partial charge in [0.05, 0.1) is 12.3 Å². The predicted molar refractivity (Wildman–Crippen MR) is 51.3 cm³/mol. The van der Waals surface area contributed by atoms with Crippen molar-refractivity contribution in [3.63, 3.8) is 0 Å². The van der Waals surface area contributed by atoms with Crippen LogP contribution in [0.1, 0.15) is 5.69 Å². The van der Waals surface area contributed by atoms with Crippen LogP contribution in [0.25, 0.3) is 10.6 Å². The van der Waals surface area contributed by atoms with Gasteiger partial charge in [-0.15, -0.1) is 11.3 Å². The predicted octanol–water partition coefficient (Wildman–Crippen LogP) is 1.70. The summed E-state index contributed by atoms with van der Waals surface area (Å²) in [5.41, 5.74) is 1.67. The van der Waals surface area contributed by atoms with Crippen LogP contribution in [0.15, 0.2) is 29.9 Å². The van der Waals surface area contributed by atoms with E-state index in [1.807, 2.05) is 11.4 Å². The fraction of sp³-hybridized carbons (Fsp3) is 0.111. The molecule has 0 aliphatic heterocycles. The zero-order valence-electron chi connectivity index (χ0n) is 6.84. The molecule has 0 saturated heterocycles. The van der Waals surface area contributed by atoms with E-state index in [1.165, 1.54) is 0 Å². The average molecular weight is 192 g/mol. The summed E-state index contributed by atoms with van der Waals surface area (Å²) >= 11 is 1.58. The number of pyridine rings is 1. The van der Waals surface area contributed by atoms with Gasteiger partial charge < -0.3 is 5.11 Å². The number of thiazole rings is 1. The van der Waals surface area contributed by atoms with Crippen LogP contribution in [0, 0.1) is 0 Å². The van der Waals surface area contributed by atoms with Gasteiger partial charge >= 0.3 is 0 Å². The number of nitrogens with zero attached hydrogens (tertiary/aromatic N) is 2. The van der Waals surface area contributed by atoms with Crippen molar-refractivity contribution in [3.8, 4) is 10.6 Å². The molecule has 13 heavy (non-hydrogen) atoms. The summed E-state index contributed by atoms with van der Waals surface area (Å²) in [5, 5.41) is 11.7. The number of hydrogen-bond acceptors (Lipinski definition) is 4. The highest BCUT2D eigenvalue weighted by molar-refractivity contribution is 7.13. The first-order chi connectivity index (χ1) is 6.40. The van der Waals surface area contributed by atoms with Crippen molar-refractivity contribution in [2.75, 3.05) is 0 Å². The molecule has 0 atom stereocenters. The monoisotopic (exact) mass is 192 g/mol.